The van der Waals surface area contributed by atoms with Gasteiger partial charge in [0.1, 0.15) is 11.6 Å². The van der Waals surface area contributed by atoms with Crippen molar-refractivity contribution in [3.8, 4) is 17.2 Å². The van der Waals surface area contributed by atoms with E-state index in [9.17, 15) is 18.8 Å². The Morgan fingerprint density at radius 2 is 1.79 bits per heavy atom. The molecule has 3 aromatic carbocycles. The third-order valence-electron chi connectivity index (χ3n) is 5.48. The van der Waals surface area contributed by atoms with E-state index in [0.29, 0.717) is 28.5 Å². The predicted octanol–water partition coefficient (Wildman–Crippen LogP) is 5.75. The number of ether oxygens (including phenoxy) is 3. The molecule has 1 aliphatic rings. The Hall–Kier alpha value is -4.02. The lowest BCUT2D eigenvalue weighted by molar-refractivity contribution is -0.123. The van der Waals surface area contributed by atoms with Crippen LogP contribution in [-0.2, 0) is 16.1 Å². The molecule has 8 nitrogen and oxygen atoms in total. The number of halogens is 2. The molecule has 0 atom stereocenters. The van der Waals surface area contributed by atoms with Crippen LogP contribution in [0.3, 0.4) is 0 Å². The molecule has 0 spiro atoms. The maximum Gasteiger partial charge on any atom is 0.293 e. The summed E-state index contributed by atoms with van der Waals surface area (Å²) < 4.78 is 30.4. The van der Waals surface area contributed by atoms with Crippen molar-refractivity contribution in [1.82, 2.24) is 4.90 Å². The molecule has 1 aliphatic heterocycles. The molecular formula is C27H22ClFN2O6S. The van der Waals surface area contributed by atoms with Crippen molar-refractivity contribution in [3.63, 3.8) is 0 Å². The van der Waals surface area contributed by atoms with Gasteiger partial charge < -0.3 is 19.5 Å². The zero-order valence-electron chi connectivity index (χ0n) is 20.3. The number of anilines is 1. The summed E-state index contributed by atoms with van der Waals surface area (Å²) in [5.74, 6) is -0.416. The van der Waals surface area contributed by atoms with E-state index >= 15 is 0 Å². The summed E-state index contributed by atoms with van der Waals surface area (Å²) in [4.78, 5) is 38.8. The van der Waals surface area contributed by atoms with Crippen LogP contribution in [0, 0.1) is 5.82 Å². The number of para-hydroxylation sites is 2. The summed E-state index contributed by atoms with van der Waals surface area (Å²) in [5.41, 5.74) is 1.13. The Morgan fingerprint density at radius 3 is 2.53 bits per heavy atom. The van der Waals surface area contributed by atoms with E-state index in [1.807, 2.05) is 0 Å². The van der Waals surface area contributed by atoms with Crippen LogP contribution < -0.4 is 19.5 Å². The first kappa shape index (κ1) is 27.0. The lowest BCUT2D eigenvalue weighted by Gasteiger charge is -2.14. The van der Waals surface area contributed by atoms with E-state index in [2.05, 4.69) is 5.32 Å². The van der Waals surface area contributed by atoms with Crippen molar-refractivity contribution >= 4 is 52.2 Å². The summed E-state index contributed by atoms with van der Waals surface area (Å²) in [6.07, 6.45) is 1.52. The number of imide groups is 1. The fraction of sp³-hybridized carbons (Fsp3) is 0.148. The highest BCUT2D eigenvalue weighted by Gasteiger charge is 2.36. The Morgan fingerprint density at radius 1 is 1.03 bits per heavy atom. The summed E-state index contributed by atoms with van der Waals surface area (Å²) in [6, 6.07) is 16.0. The molecule has 1 N–H and O–H groups in total. The van der Waals surface area contributed by atoms with Gasteiger partial charge in [-0.1, -0.05) is 35.9 Å². The van der Waals surface area contributed by atoms with E-state index in [0.717, 1.165) is 16.7 Å². The highest BCUT2D eigenvalue weighted by Crippen LogP contribution is 2.36. The zero-order valence-corrected chi connectivity index (χ0v) is 21.9. The first-order valence-corrected chi connectivity index (χ1v) is 12.4. The molecule has 11 heteroatoms. The van der Waals surface area contributed by atoms with E-state index in [4.69, 9.17) is 25.8 Å². The molecule has 1 saturated heterocycles. The Bertz CT molecular complexity index is 1410. The highest BCUT2D eigenvalue weighted by atomic mass is 35.5. The number of hydrogen-bond donors (Lipinski definition) is 1. The smallest absolute Gasteiger partial charge is 0.293 e. The molecule has 0 bridgehead atoms. The van der Waals surface area contributed by atoms with Crippen molar-refractivity contribution in [1.29, 1.82) is 0 Å². The van der Waals surface area contributed by atoms with Crippen LogP contribution in [0.5, 0.6) is 17.2 Å². The van der Waals surface area contributed by atoms with Crippen LogP contribution in [0.15, 0.2) is 65.6 Å². The number of carbonyl (C=O) groups excluding carboxylic acids is 3. The molecule has 3 amide bonds. The lowest BCUT2D eigenvalue weighted by atomic mass is 10.1. The normalized spacial score (nSPS) is 14.1. The summed E-state index contributed by atoms with van der Waals surface area (Å²) in [5, 5.41) is 2.31. The molecule has 3 aromatic rings. The first-order chi connectivity index (χ1) is 18.3. The van der Waals surface area contributed by atoms with Gasteiger partial charge in [-0.05, 0) is 59.8 Å². The van der Waals surface area contributed by atoms with Crippen LogP contribution in [0.4, 0.5) is 14.9 Å². The quantitative estimate of drug-likeness (QED) is 0.335. The molecule has 4 rings (SSSR count). The number of rotatable bonds is 9. The number of amides is 3. The van der Waals surface area contributed by atoms with Gasteiger partial charge in [-0.25, -0.2) is 4.39 Å². The summed E-state index contributed by atoms with van der Waals surface area (Å²) in [6.45, 7) is -0.564. The molecule has 0 aliphatic carbocycles. The minimum Gasteiger partial charge on any atom is -0.495 e. The van der Waals surface area contributed by atoms with Gasteiger partial charge in [-0.3, -0.25) is 19.3 Å². The van der Waals surface area contributed by atoms with Crippen LogP contribution in [0.2, 0.25) is 5.02 Å². The van der Waals surface area contributed by atoms with E-state index in [-0.39, 0.29) is 28.6 Å². The van der Waals surface area contributed by atoms with E-state index < -0.39 is 22.9 Å². The minimum absolute atomic E-state index is 0.0654. The van der Waals surface area contributed by atoms with Crippen molar-refractivity contribution in [2.75, 3.05) is 26.1 Å². The number of nitrogens with zero attached hydrogens (tertiary/aromatic N) is 1. The Kier molecular flexibility index (Phi) is 8.55. The molecule has 1 fully saturated rings. The van der Waals surface area contributed by atoms with Gasteiger partial charge in [0, 0.05) is 10.6 Å². The maximum atomic E-state index is 14.2. The number of thioether (sulfide) groups is 1. The standard InChI is InChI=1S/C27H22ClFN2O6S/c1-35-21-9-4-3-8-20(21)30-25(32)15-37-22-11-10-16(12-23(22)36-2)13-24-26(33)31(27(34)38-24)14-17-18(28)6-5-7-19(17)29/h3-13H,14-15H2,1-2H3,(H,30,32)/b24-13+. The first-order valence-electron chi connectivity index (χ1n) is 11.2. The SMILES string of the molecule is COc1ccccc1NC(=O)COc1ccc(/C=C2/SC(=O)N(Cc3c(F)cccc3Cl)C2=O)cc1OC. The van der Waals surface area contributed by atoms with Crippen molar-refractivity contribution in [2.24, 2.45) is 0 Å². The topological polar surface area (TPSA) is 94.2 Å². The van der Waals surface area contributed by atoms with Crippen LogP contribution in [-0.4, -0.2) is 42.8 Å². The molecular weight excluding hydrogens is 535 g/mol. The number of benzene rings is 3. The molecule has 0 saturated carbocycles. The second kappa shape index (κ2) is 12.0. The van der Waals surface area contributed by atoms with Gasteiger partial charge in [0.15, 0.2) is 18.1 Å². The third-order valence-corrected chi connectivity index (χ3v) is 6.74. The molecule has 0 aromatic heterocycles. The van der Waals surface area contributed by atoms with Crippen molar-refractivity contribution in [2.45, 2.75) is 6.54 Å². The number of methoxy groups -OCH3 is 2. The van der Waals surface area contributed by atoms with Gasteiger partial charge in [0.2, 0.25) is 0 Å². The lowest BCUT2D eigenvalue weighted by Crippen LogP contribution is -2.28. The van der Waals surface area contributed by atoms with Crippen molar-refractivity contribution in [3.05, 3.63) is 87.5 Å². The van der Waals surface area contributed by atoms with Gasteiger partial charge in [0.05, 0.1) is 31.4 Å². The van der Waals surface area contributed by atoms with E-state index in [1.165, 1.54) is 38.5 Å². The zero-order chi connectivity index (χ0) is 27.2. The van der Waals surface area contributed by atoms with Gasteiger partial charge in [-0.2, -0.15) is 0 Å². The van der Waals surface area contributed by atoms with Crippen LogP contribution in [0.1, 0.15) is 11.1 Å². The largest absolute Gasteiger partial charge is 0.495 e. The Balaban J connectivity index is 1.44. The molecule has 0 unspecified atom stereocenters. The fourth-order valence-electron chi connectivity index (χ4n) is 3.60. The number of nitrogens with one attached hydrogen (secondary N) is 1. The Labute approximate surface area is 227 Å². The van der Waals surface area contributed by atoms with Crippen LogP contribution >= 0.6 is 23.4 Å². The maximum absolute atomic E-state index is 14.2. The van der Waals surface area contributed by atoms with Crippen LogP contribution in [0.25, 0.3) is 6.08 Å². The number of carbonyl (C=O) groups is 3. The molecule has 1 heterocycles. The number of hydrogen-bond acceptors (Lipinski definition) is 7. The van der Waals surface area contributed by atoms with Gasteiger partial charge >= 0.3 is 0 Å². The van der Waals surface area contributed by atoms with Crippen molar-refractivity contribution < 1.29 is 33.0 Å². The molecule has 38 heavy (non-hydrogen) atoms. The monoisotopic (exact) mass is 556 g/mol. The highest BCUT2D eigenvalue weighted by molar-refractivity contribution is 8.18. The summed E-state index contributed by atoms with van der Waals surface area (Å²) >= 11 is 6.79. The average molecular weight is 557 g/mol. The van der Waals surface area contributed by atoms with Gasteiger partial charge in [-0.15, -0.1) is 0 Å². The minimum atomic E-state index is -0.600. The third kappa shape index (κ3) is 6.09. The molecule has 0 radical (unpaired) electrons. The fourth-order valence-corrected chi connectivity index (χ4v) is 4.66. The molecule has 196 valence electrons. The van der Waals surface area contributed by atoms with E-state index in [1.54, 1.807) is 42.5 Å². The predicted molar refractivity (Wildman–Crippen MR) is 143 cm³/mol. The second-order valence-corrected chi connectivity index (χ2v) is 9.32. The summed E-state index contributed by atoms with van der Waals surface area (Å²) in [7, 11) is 2.94. The van der Waals surface area contributed by atoms with Gasteiger partial charge in [0.25, 0.3) is 17.1 Å². The average Bonchev–Trinajstić information content (AvgIpc) is 3.17. The second-order valence-electron chi connectivity index (χ2n) is 7.92.